The first-order valence-electron chi connectivity index (χ1n) is 8.09. The molecular formula is C18H28N2. The molecule has 0 radical (unpaired) electrons. The summed E-state index contributed by atoms with van der Waals surface area (Å²) in [4.78, 5) is 5.35. The zero-order valence-corrected chi connectivity index (χ0v) is 13.2. The number of benzene rings is 1. The highest BCUT2D eigenvalue weighted by molar-refractivity contribution is 5.32. The van der Waals surface area contributed by atoms with Gasteiger partial charge in [-0.15, -0.1) is 0 Å². The van der Waals surface area contributed by atoms with Crippen LogP contribution in [0, 0.1) is 0 Å². The average molecular weight is 272 g/mol. The van der Waals surface area contributed by atoms with Crippen LogP contribution in [0.3, 0.4) is 0 Å². The highest BCUT2D eigenvalue weighted by atomic mass is 15.3. The minimum atomic E-state index is 0.242. The molecule has 0 bridgehead atoms. The normalized spacial score (nSPS) is 24.9. The van der Waals surface area contributed by atoms with E-state index >= 15 is 0 Å². The van der Waals surface area contributed by atoms with E-state index in [1.807, 2.05) is 0 Å². The quantitative estimate of drug-likeness (QED) is 0.815. The molecular weight excluding hydrogens is 244 g/mol. The van der Waals surface area contributed by atoms with E-state index in [-0.39, 0.29) is 5.41 Å². The van der Waals surface area contributed by atoms with Crippen LogP contribution in [0.15, 0.2) is 24.3 Å². The van der Waals surface area contributed by atoms with Crippen LogP contribution in [0.4, 0.5) is 0 Å². The molecule has 1 atom stereocenters. The fraction of sp³-hybridized carbons (Fsp3) is 0.667. The van der Waals surface area contributed by atoms with Crippen LogP contribution in [0.25, 0.3) is 0 Å². The van der Waals surface area contributed by atoms with Crippen LogP contribution in [-0.2, 0) is 12.0 Å². The Morgan fingerprint density at radius 2 is 1.90 bits per heavy atom. The third-order valence-electron chi connectivity index (χ3n) is 4.89. The van der Waals surface area contributed by atoms with Crippen molar-refractivity contribution in [1.29, 1.82) is 0 Å². The molecule has 20 heavy (non-hydrogen) atoms. The van der Waals surface area contributed by atoms with Crippen LogP contribution in [-0.4, -0.2) is 42.0 Å². The molecule has 2 heterocycles. The van der Waals surface area contributed by atoms with Gasteiger partial charge in [-0.05, 0) is 35.9 Å². The Balaban J connectivity index is 1.72. The van der Waals surface area contributed by atoms with Gasteiger partial charge in [0.15, 0.2) is 0 Å². The number of hydrogen-bond donors (Lipinski definition) is 0. The molecule has 1 unspecified atom stereocenters. The third-order valence-corrected chi connectivity index (χ3v) is 4.89. The molecule has 1 aromatic rings. The molecule has 1 aromatic carbocycles. The Kier molecular flexibility index (Phi) is 3.87. The van der Waals surface area contributed by atoms with Gasteiger partial charge in [0.25, 0.3) is 0 Å². The molecule has 0 spiro atoms. The van der Waals surface area contributed by atoms with Crippen molar-refractivity contribution < 1.29 is 0 Å². The van der Waals surface area contributed by atoms with Gasteiger partial charge in [0.05, 0.1) is 0 Å². The lowest BCUT2D eigenvalue weighted by atomic mass is 9.83. The Bertz CT molecular complexity index is 461. The molecule has 0 aromatic heterocycles. The molecule has 0 N–H and O–H groups in total. The summed E-state index contributed by atoms with van der Waals surface area (Å²) in [6.45, 7) is 13.2. The maximum absolute atomic E-state index is 2.69. The Morgan fingerprint density at radius 1 is 1.10 bits per heavy atom. The van der Waals surface area contributed by atoms with Crippen molar-refractivity contribution in [2.45, 2.75) is 51.6 Å². The second-order valence-corrected chi connectivity index (χ2v) is 7.47. The first-order valence-corrected chi connectivity index (χ1v) is 8.09. The Labute approximate surface area is 123 Å². The summed E-state index contributed by atoms with van der Waals surface area (Å²) in [5.41, 5.74) is 3.27. The lowest BCUT2D eigenvalue weighted by molar-refractivity contribution is 0.0990. The average Bonchev–Trinajstić information content (AvgIpc) is 2.85. The summed E-state index contributed by atoms with van der Waals surface area (Å²) in [5.74, 6) is 0. The molecule has 0 amide bonds. The van der Waals surface area contributed by atoms with Crippen molar-refractivity contribution in [3.63, 3.8) is 0 Å². The predicted molar refractivity (Wildman–Crippen MR) is 85.0 cm³/mol. The van der Waals surface area contributed by atoms with Crippen molar-refractivity contribution in [3.05, 3.63) is 35.4 Å². The minimum absolute atomic E-state index is 0.242. The van der Waals surface area contributed by atoms with Crippen LogP contribution in [0.5, 0.6) is 0 Å². The molecule has 0 saturated carbocycles. The minimum Gasteiger partial charge on any atom is -0.298 e. The van der Waals surface area contributed by atoms with E-state index in [9.17, 15) is 0 Å². The maximum atomic E-state index is 2.69. The first-order chi connectivity index (χ1) is 9.54. The summed E-state index contributed by atoms with van der Waals surface area (Å²) < 4.78 is 0. The van der Waals surface area contributed by atoms with Gasteiger partial charge >= 0.3 is 0 Å². The predicted octanol–water partition coefficient (Wildman–Crippen LogP) is 3.26. The summed E-state index contributed by atoms with van der Waals surface area (Å²) in [6, 6.07) is 9.82. The topological polar surface area (TPSA) is 6.48 Å². The van der Waals surface area contributed by atoms with Gasteiger partial charge in [-0.3, -0.25) is 9.80 Å². The molecule has 2 heteroatoms. The van der Waals surface area contributed by atoms with Gasteiger partial charge in [0.2, 0.25) is 0 Å². The van der Waals surface area contributed by atoms with E-state index in [1.165, 1.54) is 50.1 Å². The summed E-state index contributed by atoms with van der Waals surface area (Å²) in [7, 11) is 0. The van der Waals surface area contributed by atoms with Crippen LogP contribution >= 0.6 is 0 Å². The second kappa shape index (κ2) is 5.50. The maximum Gasteiger partial charge on any atom is 0.0237 e. The summed E-state index contributed by atoms with van der Waals surface area (Å²) in [6.07, 6.45) is 2.80. The lowest BCUT2D eigenvalue weighted by Gasteiger charge is -2.38. The fourth-order valence-electron chi connectivity index (χ4n) is 3.83. The number of fused-ring (bicyclic) bond motifs is 1. The van der Waals surface area contributed by atoms with E-state index in [0.29, 0.717) is 0 Å². The van der Waals surface area contributed by atoms with Gasteiger partial charge < -0.3 is 0 Å². The van der Waals surface area contributed by atoms with Crippen molar-refractivity contribution in [3.8, 4) is 0 Å². The highest BCUT2D eigenvalue weighted by Gasteiger charge is 2.30. The number of piperazine rings is 1. The van der Waals surface area contributed by atoms with Gasteiger partial charge in [0, 0.05) is 32.2 Å². The number of rotatable bonds is 2. The first kappa shape index (κ1) is 14.1. The molecule has 2 fully saturated rings. The number of hydrogen-bond acceptors (Lipinski definition) is 2. The molecule has 2 nitrogen and oxygen atoms in total. The fourth-order valence-corrected chi connectivity index (χ4v) is 3.83. The molecule has 3 rings (SSSR count). The van der Waals surface area contributed by atoms with Crippen molar-refractivity contribution >= 4 is 0 Å². The lowest BCUT2D eigenvalue weighted by Crippen LogP contribution is -2.49. The van der Waals surface area contributed by atoms with E-state index in [1.54, 1.807) is 0 Å². The van der Waals surface area contributed by atoms with Gasteiger partial charge in [-0.2, -0.15) is 0 Å². The Hall–Kier alpha value is -0.860. The Morgan fingerprint density at radius 3 is 2.70 bits per heavy atom. The van der Waals surface area contributed by atoms with Crippen molar-refractivity contribution in [1.82, 2.24) is 9.80 Å². The van der Waals surface area contributed by atoms with Crippen molar-refractivity contribution in [2.24, 2.45) is 0 Å². The zero-order chi connectivity index (χ0) is 14.2. The highest BCUT2D eigenvalue weighted by Crippen LogP contribution is 2.28. The van der Waals surface area contributed by atoms with Crippen LogP contribution in [0.1, 0.15) is 44.7 Å². The van der Waals surface area contributed by atoms with Gasteiger partial charge in [-0.1, -0.05) is 45.0 Å². The SMILES string of the molecule is CC(C)(C)c1ccccc1CN1CCN2CCCC2C1. The van der Waals surface area contributed by atoms with Crippen LogP contribution < -0.4 is 0 Å². The molecule has 2 aliphatic heterocycles. The summed E-state index contributed by atoms with van der Waals surface area (Å²) in [5, 5.41) is 0. The number of nitrogens with zero attached hydrogens (tertiary/aromatic N) is 2. The molecule has 0 aliphatic carbocycles. The summed E-state index contributed by atoms with van der Waals surface area (Å²) >= 11 is 0. The monoisotopic (exact) mass is 272 g/mol. The largest absolute Gasteiger partial charge is 0.298 e. The smallest absolute Gasteiger partial charge is 0.0237 e. The zero-order valence-electron chi connectivity index (χ0n) is 13.2. The van der Waals surface area contributed by atoms with E-state index < -0.39 is 0 Å². The van der Waals surface area contributed by atoms with Crippen LogP contribution in [0.2, 0.25) is 0 Å². The molecule has 2 aliphatic rings. The second-order valence-electron chi connectivity index (χ2n) is 7.47. The van der Waals surface area contributed by atoms with E-state index in [4.69, 9.17) is 0 Å². The van der Waals surface area contributed by atoms with Crippen molar-refractivity contribution in [2.75, 3.05) is 26.2 Å². The van der Waals surface area contributed by atoms with E-state index in [0.717, 1.165) is 12.6 Å². The van der Waals surface area contributed by atoms with Gasteiger partial charge in [0.1, 0.15) is 0 Å². The van der Waals surface area contributed by atoms with E-state index in [2.05, 4.69) is 54.8 Å². The van der Waals surface area contributed by atoms with Gasteiger partial charge in [-0.25, -0.2) is 0 Å². The standard InChI is InChI=1S/C18H28N2/c1-18(2,3)17-9-5-4-7-15(17)13-19-11-12-20-10-6-8-16(20)14-19/h4-5,7,9,16H,6,8,10-14H2,1-3H3. The molecule has 110 valence electrons. The molecule has 2 saturated heterocycles. The third kappa shape index (κ3) is 2.91.